The molecule has 9 heteroatoms. The van der Waals surface area contributed by atoms with Crippen LogP contribution in [-0.4, -0.2) is 37.8 Å². The van der Waals surface area contributed by atoms with Gasteiger partial charge in [0.2, 0.25) is 5.89 Å². The summed E-state index contributed by atoms with van der Waals surface area (Å²) in [6, 6.07) is 10.2. The van der Waals surface area contributed by atoms with Crippen LogP contribution in [0, 0.1) is 6.92 Å². The lowest BCUT2D eigenvalue weighted by atomic mass is 10.1. The summed E-state index contributed by atoms with van der Waals surface area (Å²) in [5.41, 5.74) is 3.03. The predicted molar refractivity (Wildman–Crippen MR) is 140 cm³/mol. The van der Waals surface area contributed by atoms with Gasteiger partial charge in [0.1, 0.15) is 12.0 Å². The Morgan fingerprint density at radius 1 is 1.22 bits per heavy atom. The number of nitrogens with zero attached hydrogens (tertiary/aromatic N) is 2. The number of aryl methyl sites for hydroxylation is 1. The van der Waals surface area contributed by atoms with Crippen LogP contribution in [0.2, 0.25) is 0 Å². The number of benzene rings is 1. The smallest absolute Gasteiger partial charge is 0.236 e. The van der Waals surface area contributed by atoms with E-state index in [-0.39, 0.29) is 24.0 Å². The first-order valence-electron chi connectivity index (χ1n) is 10.4. The minimum absolute atomic E-state index is 0. The minimum atomic E-state index is 0. The highest BCUT2D eigenvalue weighted by atomic mass is 127. The Morgan fingerprint density at radius 2 is 2.09 bits per heavy atom. The van der Waals surface area contributed by atoms with Crippen molar-refractivity contribution in [1.29, 1.82) is 0 Å². The maximum absolute atomic E-state index is 5.97. The second-order valence-corrected chi connectivity index (χ2v) is 7.92. The Labute approximate surface area is 210 Å². The maximum Gasteiger partial charge on any atom is 0.236 e. The zero-order valence-corrected chi connectivity index (χ0v) is 21.9. The number of nitrogens with one attached hydrogen (secondary N) is 2. The van der Waals surface area contributed by atoms with Gasteiger partial charge in [0.25, 0.3) is 0 Å². The normalized spacial score (nSPS) is 11.2. The number of rotatable bonds is 11. The minimum Gasteiger partial charge on any atom is -0.493 e. The summed E-state index contributed by atoms with van der Waals surface area (Å²) in [5, 5.41) is 8.60. The first-order chi connectivity index (χ1) is 15.2. The number of thiophene rings is 1. The van der Waals surface area contributed by atoms with Crippen molar-refractivity contribution in [2.24, 2.45) is 4.99 Å². The second kappa shape index (κ2) is 14.1. The van der Waals surface area contributed by atoms with E-state index < -0.39 is 0 Å². The van der Waals surface area contributed by atoms with Gasteiger partial charge in [0.15, 0.2) is 5.96 Å². The monoisotopic (exact) mass is 570 g/mol. The Balaban J connectivity index is 0.00000363. The molecule has 0 saturated heterocycles. The summed E-state index contributed by atoms with van der Waals surface area (Å²) < 4.78 is 16.6. The van der Waals surface area contributed by atoms with E-state index in [1.54, 1.807) is 24.7 Å². The van der Waals surface area contributed by atoms with Crippen molar-refractivity contribution in [2.45, 2.75) is 33.4 Å². The Bertz CT molecular complexity index is 960. The topological polar surface area (TPSA) is 80.9 Å². The third kappa shape index (κ3) is 8.10. The van der Waals surface area contributed by atoms with Crippen molar-refractivity contribution in [3.05, 3.63) is 58.8 Å². The SMILES string of the molecule is CCNC(=NCc1ccc(C)cc1OCCCOC)NCc1coc(-c2cccs2)n1.I. The first kappa shape index (κ1) is 26.1. The van der Waals surface area contributed by atoms with Gasteiger partial charge in [0, 0.05) is 32.2 Å². The van der Waals surface area contributed by atoms with E-state index in [1.807, 2.05) is 24.4 Å². The molecule has 3 rings (SSSR count). The number of aliphatic imine (C=N–C) groups is 1. The quantitative estimate of drug-likeness (QED) is 0.146. The fraction of sp³-hybridized carbons (Fsp3) is 0.391. The van der Waals surface area contributed by atoms with Crippen molar-refractivity contribution in [1.82, 2.24) is 15.6 Å². The van der Waals surface area contributed by atoms with Gasteiger partial charge in [-0.05, 0) is 36.9 Å². The van der Waals surface area contributed by atoms with Crippen LogP contribution >= 0.6 is 35.3 Å². The largest absolute Gasteiger partial charge is 0.493 e. The number of hydrogen-bond acceptors (Lipinski definition) is 6. The zero-order chi connectivity index (χ0) is 21.9. The van der Waals surface area contributed by atoms with Gasteiger partial charge in [-0.15, -0.1) is 35.3 Å². The molecule has 3 aromatic rings. The van der Waals surface area contributed by atoms with Gasteiger partial charge < -0.3 is 24.5 Å². The van der Waals surface area contributed by atoms with Crippen LogP contribution in [0.1, 0.15) is 30.2 Å². The second-order valence-electron chi connectivity index (χ2n) is 6.98. The van der Waals surface area contributed by atoms with Gasteiger partial charge in [-0.25, -0.2) is 9.98 Å². The Hall–Kier alpha value is -2.11. The van der Waals surface area contributed by atoms with Crippen molar-refractivity contribution in [2.75, 3.05) is 26.9 Å². The Kier molecular flexibility index (Phi) is 11.5. The van der Waals surface area contributed by atoms with Gasteiger partial charge in [-0.2, -0.15) is 0 Å². The molecule has 0 aliphatic rings. The number of ether oxygens (including phenoxy) is 2. The molecule has 32 heavy (non-hydrogen) atoms. The number of aromatic nitrogens is 1. The Morgan fingerprint density at radius 3 is 2.84 bits per heavy atom. The van der Waals surface area contributed by atoms with E-state index >= 15 is 0 Å². The van der Waals surface area contributed by atoms with E-state index in [0.717, 1.165) is 40.4 Å². The molecule has 0 bridgehead atoms. The maximum atomic E-state index is 5.97. The number of hydrogen-bond donors (Lipinski definition) is 2. The summed E-state index contributed by atoms with van der Waals surface area (Å²) in [6.07, 6.45) is 2.53. The molecule has 0 radical (unpaired) electrons. The van der Waals surface area contributed by atoms with Crippen LogP contribution < -0.4 is 15.4 Å². The molecule has 0 saturated carbocycles. The number of halogens is 1. The van der Waals surface area contributed by atoms with Gasteiger partial charge in [-0.3, -0.25) is 0 Å². The molecule has 2 aromatic heterocycles. The molecule has 0 aliphatic carbocycles. The lowest BCUT2D eigenvalue weighted by Crippen LogP contribution is -2.36. The van der Waals surface area contributed by atoms with Gasteiger partial charge in [-0.1, -0.05) is 18.2 Å². The van der Waals surface area contributed by atoms with Crippen LogP contribution in [0.15, 0.2) is 51.4 Å². The first-order valence-corrected chi connectivity index (χ1v) is 11.3. The van der Waals surface area contributed by atoms with Crippen LogP contribution in [0.3, 0.4) is 0 Å². The number of oxazole rings is 1. The molecular formula is C23H31IN4O3S. The number of methoxy groups -OCH3 is 1. The summed E-state index contributed by atoms with van der Waals surface area (Å²) in [5.74, 6) is 2.23. The van der Waals surface area contributed by atoms with Crippen LogP contribution in [0.5, 0.6) is 5.75 Å². The third-order valence-electron chi connectivity index (χ3n) is 4.45. The molecule has 0 amide bonds. The van der Waals surface area contributed by atoms with E-state index in [0.29, 0.717) is 38.2 Å². The summed E-state index contributed by atoms with van der Waals surface area (Å²) in [6.45, 7) is 7.19. The van der Waals surface area contributed by atoms with Crippen molar-refractivity contribution in [3.63, 3.8) is 0 Å². The molecule has 0 aliphatic heterocycles. The van der Waals surface area contributed by atoms with Crippen molar-refractivity contribution >= 4 is 41.3 Å². The predicted octanol–water partition coefficient (Wildman–Crippen LogP) is 5.00. The molecule has 0 fully saturated rings. The van der Waals surface area contributed by atoms with Crippen LogP contribution in [0.25, 0.3) is 10.8 Å². The summed E-state index contributed by atoms with van der Waals surface area (Å²) >= 11 is 1.61. The lowest BCUT2D eigenvalue weighted by molar-refractivity contribution is 0.172. The fourth-order valence-corrected chi connectivity index (χ4v) is 3.55. The van der Waals surface area contributed by atoms with E-state index in [2.05, 4.69) is 40.7 Å². The third-order valence-corrected chi connectivity index (χ3v) is 5.30. The molecule has 174 valence electrons. The molecule has 2 N–H and O–H groups in total. The number of guanidine groups is 1. The molecule has 0 atom stereocenters. The standard InChI is InChI=1S/C23H30N4O3S.HI/c1-4-24-23(26-15-19-16-30-22(27-19)21-7-5-12-31-21)25-14-18-9-8-17(2)13-20(18)29-11-6-10-28-3;/h5,7-9,12-13,16H,4,6,10-11,14-15H2,1-3H3,(H2,24,25,26);1H. The van der Waals surface area contributed by atoms with Gasteiger partial charge >= 0.3 is 0 Å². The average molecular weight is 570 g/mol. The summed E-state index contributed by atoms with van der Waals surface area (Å²) in [4.78, 5) is 10.3. The average Bonchev–Trinajstić information content (AvgIpc) is 3.46. The van der Waals surface area contributed by atoms with Crippen molar-refractivity contribution < 1.29 is 13.9 Å². The molecule has 2 heterocycles. The molecule has 1 aromatic carbocycles. The van der Waals surface area contributed by atoms with Crippen LogP contribution in [-0.2, 0) is 17.8 Å². The van der Waals surface area contributed by atoms with Gasteiger partial charge in [0.05, 0.1) is 30.3 Å². The zero-order valence-electron chi connectivity index (χ0n) is 18.7. The van der Waals surface area contributed by atoms with E-state index in [9.17, 15) is 0 Å². The molecule has 0 spiro atoms. The molecule has 7 nitrogen and oxygen atoms in total. The highest BCUT2D eigenvalue weighted by Crippen LogP contribution is 2.24. The van der Waals surface area contributed by atoms with E-state index in [4.69, 9.17) is 18.9 Å². The highest BCUT2D eigenvalue weighted by molar-refractivity contribution is 14.0. The molecule has 0 unspecified atom stereocenters. The molecular weight excluding hydrogens is 539 g/mol. The fourth-order valence-electron chi connectivity index (χ4n) is 2.89. The highest BCUT2D eigenvalue weighted by Gasteiger charge is 2.09. The van der Waals surface area contributed by atoms with E-state index in [1.165, 1.54) is 0 Å². The lowest BCUT2D eigenvalue weighted by Gasteiger charge is -2.13. The van der Waals surface area contributed by atoms with Crippen LogP contribution in [0.4, 0.5) is 0 Å². The summed E-state index contributed by atoms with van der Waals surface area (Å²) in [7, 11) is 1.70. The van der Waals surface area contributed by atoms with Crippen molar-refractivity contribution in [3.8, 4) is 16.5 Å².